The van der Waals surface area contributed by atoms with E-state index in [2.05, 4.69) is 31.0 Å². The number of primary amides is 1. The molecule has 0 aromatic rings. The topological polar surface area (TPSA) is 58.4 Å². The van der Waals surface area contributed by atoms with Crippen molar-refractivity contribution in [2.45, 2.75) is 83.3 Å². The second-order valence-electron chi connectivity index (χ2n) is 7.02. The van der Waals surface area contributed by atoms with Crippen LogP contribution in [0.3, 0.4) is 0 Å². The first-order valence-corrected chi connectivity index (χ1v) is 8.85. The molecule has 0 aromatic heterocycles. The number of nitrogens with two attached hydrogens (primary N) is 1. The number of nitrogens with one attached hydrogen (secondary N) is 1. The Morgan fingerprint density at radius 1 is 1.38 bits per heavy atom. The first kappa shape index (κ1) is 16.8. The van der Waals surface area contributed by atoms with Gasteiger partial charge in [-0.05, 0) is 64.5 Å². The van der Waals surface area contributed by atoms with Crippen LogP contribution in [0, 0.1) is 5.92 Å². The fourth-order valence-corrected chi connectivity index (χ4v) is 3.92. The van der Waals surface area contributed by atoms with Crippen LogP contribution >= 0.6 is 0 Å². The highest BCUT2D eigenvalue weighted by Crippen LogP contribution is 2.40. The molecule has 0 bridgehead atoms. The predicted octanol–water partition coefficient (Wildman–Crippen LogP) is 2.27. The van der Waals surface area contributed by atoms with Crippen LogP contribution in [0.2, 0.25) is 0 Å². The van der Waals surface area contributed by atoms with E-state index in [0.29, 0.717) is 18.0 Å². The van der Waals surface area contributed by atoms with Crippen molar-refractivity contribution in [3.63, 3.8) is 0 Å². The molecule has 0 aliphatic heterocycles. The van der Waals surface area contributed by atoms with Crippen molar-refractivity contribution in [2.75, 3.05) is 13.1 Å². The summed E-state index contributed by atoms with van der Waals surface area (Å²) in [6, 6.07) is 1.16. The van der Waals surface area contributed by atoms with Crippen LogP contribution in [0.4, 0.5) is 0 Å². The average Bonchev–Trinajstić information content (AvgIpc) is 3.18. The third-order valence-electron chi connectivity index (χ3n) is 5.68. The highest BCUT2D eigenvalue weighted by Gasteiger charge is 2.49. The van der Waals surface area contributed by atoms with Gasteiger partial charge in [0.25, 0.3) is 0 Å². The van der Waals surface area contributed by atoms with E-state index < -0.39 is 5.54 Å². The van der Waals surface area contributed by atoms with Gasteiger partial charge >= 0.3 is 0 Å². The zero-order valence-electron chi connectivity index (χ0n) is 14.0. The molecule has 3 unspecified atom stereocenters. The molecule has 21 heavy (non-hydrogen) atoms. The third-order valence-corrected chi connectivity index (χ3v) is 5.68. The van der Waals surface area contributed by atoms with Crippen LogP contribution in [-0.4, -0.2) is 41.5 Å². The predicted molar refractivity (Wildman–Crippen MR) is 87.0 cm³/mol. The summed E-state index contributed by atoms with van der Waals surface area (Å²) in [7, 11) is 0. The Bertz CT molecular complexity index is 356. The molecular weight excluding hydrogens is 262 g/mol. The molecule has 2 saturated carbocycles. The van der Waals surface area contributed by atoms with Crippen LogP contribution in [-0.2, 0) is 4.79 Å². The normalized spacial score (nSPS) is 30.8. The third kappa shape index (κ3) is 3.78. The number of amides is 1. The van der Waals surface area contributed by atoms with Crippen molar-refractivity contribution in [3.05, 3.63) is 0 Å². The average molecular weight is 295 g/mol. The van der Waals surface area contributed by atoms with Gasteiger partial charge in [-0.3, -0.25) is 4.79 Å². The van der Waals surface area contributed by atoms with Crippen molar-refractivity contribution < 1.29 is 4.79 Å². The van der Waals surface area contributed by atoms with E-state index in [1.807, 2.05) is 0 Å². The van der Waals surface area contributed by atoms with Gasteiger partial charge in [-0.25, -0.2) is 0 Å². The van der Waals surface area contributed by atoms with E-state index >= 15 is 0 Å². The summed E-state index contributed by atoms with van der Waals surface area (Å²) in [5.74, 6) is 0.289. The van der Waals surface area contributed by atoms with E-state index in [1.54, 1.807) is 0 Å². The first-order valence-electron chi connectivity index (χ1n) is 8.85. The van der Waals surface area contributed by atoms with Crippen molar-refractivity contribution in [2.24, 2.45) is 11.7 Å². The number of hydrogen-bond donors (Lipinski definition) is 2. The Labute approximate surface area is 129 Å². The molecule has 0 aromatic carbocycles. The van der Waals surface area contributed by atoms with Gasteiger partial charge in [0.1, 0.15) is 5.54 Å². The molecule has 0 radical (unpaired) electrons. The van der Waals surface area contributed by atoms with E-state index in [9.17, 15) is 4.79 Å². The van der Waals surface area contributed by atoms with Gasteiger partial charge in [-0.1, -0.05) is 20.3 Å². The zero-order chi connectivity index (χ0) is 15.5. The van der Waals surface area contributed by atoms with Gasteiger partial charge in [-0.2, -0.15) is 0 Å². The molecule has 0 saturated heterocycles. The largest absolute Gasteiger partial charge is 0.368 e. The molecule has 2 fully saturated rings. The van der Waals surface area contributed by atoms with E-state index in [4.69, 9.17) is 5.73 Å². The molecule has 4 nitrogen and oxygen atoms in total. The lowest BCUT2D eigenvalue weighted by molar-refractivity contribution is -0.126. The highest BCUT2D eigenvalue weighted by molar-refractivity contribution is 5.85. The van der Waals surface area contributed by atoms with E-state index in [1.165, 1.54) is 19.3 Å². The van der Waals surface area contributed by atoms with E-state index in [-0.39, 0.29) is 5.91 Å². The summed E-state index contributed by atoms with van der Waals surface area (Å²) in [4.78, 5) is 14.7. The maximum Gasteiger partial charge on any atom is 0.238 e. The zero-order valence-corrected chi connectivity index (χ0v) is 14.0. The summed E-state index contributed by atoms with van der Waals surface area (Å²) < 4.78 is 0. The Hall–Kier alpha value is -0.610. The van der Waals surface area contributed by atoms with Gasteiger partial charge in [0, 0.05) is 12.1 Å². The number of nitrogens with zero attached hydrogens (tertiary/aromatic N) is 1. The monoisotopic (exact) mass is 295 g/mol. The summed E-state index contributed by atoms with van der Waals surface area (Å²) in [5.41, 5.74) is 5.39. The quantitative estimate of drug-likeness (QED) is 0.686. The van der Waals surface area contributed by atoms with Crippen LogP contribution in [0.5, 0.6) is 0 Å². The number of carbonyl (C=O) groups excluding carboxylic acids is 1. The lowest BCUT2D eigenvalue weighted by atomic mass is 9.83. The van der Waals surface area contributed by atoms with Crippen molar-refractivity contribution in [3.8, 4) is 0 Å². The maximum atomic E-state index is 12.1. The minimum atomic E-state index is -0.421. The molecule has 2 aliphatic carbocycles. The van der Waals surface area contributed by atoms with Gasteiger partial charge < -0.3 is 16.0 Å². The summed E-state index contributed by atoms with van der Waals surface area (Å²) >= 11 is 0. The molecule has 2 rings (SSSR count). The molecule has 0 heterocycles. The molecule has 4 heteroatoms. The van der Waals surface area contributed by atoms with Gasteiger partial charge in [0.15, 0.2) is 0 Å². The minimum Gasteiger partial charge on any atom is -0.368 e. The standard InChI is InChI=1S/C17H33N3O/c1-4-13(3)20(5-2)12-10-14-7-6-11-17(14,16(18)21)19-15-8-9-15/h13-15,19H,4-12H2,1-3H3,(H2,18,21). The SMILES string of the molecule is CCC(C)N(CC)CCC1CCCC1(NC1CC1)C(N)=O. The Morgan fingerprint density at radius 3 is 2.62 bits per heavy atom. The first-order chi connectivity index (χ1) is 10.0. The smallest absolute Gasteiger partial charge is 0.238 e. The maximum absolute atomic E-state index is 12.1. The number of hydrogen-bond acceptors (Lipinski definition) is 3. The summed E-state index contributed by atoms with van der Waals surface area (Å²) in [5, 5.41) is 3.61. The number of carbonyl (C=O) groups is 1. The molecule has 0 spiro atoms. The van der Waals surface area contributed by atoms with Crippen LogP contribution < -0.4 is 11.1 Å². The van der Waals surface area contributed by atoms with Crippen LogP contribution in [0.1, 0.15) is 65.7 Å². The molecule has 122 valence electrons. The second kappa shape index (κ2) is 7.10. The van der Waals surface area contributed by atoms with Crippen molar-refractivity contribution in [1.82, 2.24) is 10.2 Å². The lowest BCUT2D eigenvalue weighted by Crippen LogP contribution is -2.59. The molecule has 3 N–H and O–H groups in total. The lowest BCUT2D eigenvalue weighted by Gasteiger charge is -2.36. The Morgan fingerprint density at radius 2 is 2.10 bits per heavy atom. The van der Waals surface area contributed by atoms with Crippen LogP contribution in [0.25, 0.3) is 0 Å². The van der Waals surface area contributed by atoms with Gasteiger partial charge in [-0.15, -0.1) is 0 Å². The fraction of sp³-hybridized carbons (Fsp3) is 0.941. The summed E-state index contributed by atoms with van der Waals surface area (Å²) in [6.45, 7) is 8.93. The highest BCUT2D eigenvalue weighted by atomic mass is 16.1. The Balaban J connectivity index is 1.97. The summed E-state index contributed by atoms with van der Waals surface area (Å²) in [6.07, 6.45) is 7.87. The number of rotatable bonds is 9. The van der Waals surface area contributed by atoms with Crippen LogP contribution in [0.15, 0.2) is 0 Å². The van der Waals surface area contributed by atoms with Gasteiger partial charge in [0.05, 0.1) is 0 Å². The fourth-order valence-electron chi connectivity index (χ4n) is 3.92. The second-order valence-corrected chi connectivity index (χ2v) is 7.02. The molecular formula is C17H33N3O. The molecule has 2 aliphatic rings. The molecule has 3 atom stereocenters. The van der Waals surface area contributed by atoms with Crippen molar-refractivity contribution in [1.29, 1.82) is 0 Å². The van der Waals surface area contributed by atoms with Gasteiger partial charge in [0.2, 0.25) is 5.91 Å². The van der Waals surface area contributed by atoms with E-state index in [0.717, 1.165) is 38.8 Å². The molecule has 1 amide bonds. The minimum absolute atomic E-state index is 0.122. The van der Waals surface area contributed by atoms with Crippen molar-refractivity contribution >= 4 is 5.91 Å². The Kier molecular flexibility index (Phi) is 5.67.